The highest BCUT2D eigenvalue weighted by molar-refractivity contribution is 7.92. The van der Waals surface area contributed by atoms with Crippen molar-refractivity contribution in [1.82, 2.24) is 10.2 Å². The van der Waals surface area contributed by atoms with E-state index in [9.17, 15) is 18.0 Å². The van der Waals surface area contributed by atoms with Crippen LogP contribution in [0.2, 0.25) is 0 Å². The fraction of sp³-hybridized carbons (Fsp3) is 0.375. The number of carbonyl (C=O) groups excluding carboxylic acids is 2. The maximum atomic E-state index is 14.2. The lowest BCUT2D eigenvalue weighted by Crippen LogP contribution is -2.53. The number of aryl methyl sites for hydroxylation is 1. The van der Waals surface area contributed by atoms with Crippen LogP contribution in [0.15, 0.2) is 78.9 Å². The Balaban J connectivity index is 2.07. The molecular formula is C32H41N3O4S. The Bertz CT molecular complexity index is 1370. The Morgan fingerprint density at radius 1 is 0.875 bits per heavy atom. The smallest absolute Gasteiger partial charge is 0.244 e. The molecule has 1 unspecified atom stereocenters. The van der Waals surface area contributed by atoms with Crippen LogP contribution < -0.4 is 9.62 Å². The lowest BCUT2D eigenvalue weighted by atomic mass is 10.0. The molecule has 0 aliphatic carbocycles. The summed E-state index contributed by atoms with van der Waals surface area (Å²) in [5.41, 5.74) is 4.14. The first kappa shape index (κ1) is 30.9. The van der Waals surface area contributed by atoms with E-state index >= 15 is 0 Å². The first-order valence-corrected chi connectivity index (χ1v) is 15.6. The summed E-state index contributed by atoms with van der Waals surface area (Å²) in [6.07, 6.45) is 2.16. The van der Waals surface area contributed by atoms with Crippen LogP contribution in [0, 0.1) is 6.92 Å². The number of hydrogen-bond donors (Lipinski definition) is 1. The Morgan fingerprint density at radius 2 is 1.50 bits per heavy atom. The summed E-state index contributed by atoms with van der Waals surface area (Å²) in [7, 11) is -3.81. The number of nitrogens with zero attached hydrogens (tertiary/aromatic N) is 2. The van der Waals surface area contributed by atoms with E-state index in [1.54, 1.807) is 12.1 Å². The molecule has 3 rings (SSSR count). The first-order chi connectivity index (χ1) is 19.0. The molecular weight excluding hydrogens is 522 g/mol. The van der Waals surface area contributed by atoms with E-state index in [0.717, 1.165) is 39.2 Å². The van der Waals surface area contributed by atoms with Crippen molar-refractivity contribution in [2.24, 2.45) is 0 Å². The van der Waals surface area contributed by atoms with Gasteiger partial charge in [0.15, 0.2) is 0 Å². The third-order valence-corrected chi connectivity index (χ3v) is 7.93. The molecule has 0 spiro atoms. The first-order valence-electron chi connectivity index (χ1n) is 13.7. The highest BCUT2D eigenvalue weighted by Crippen LogP contribution is 2.29. The van der Waals surface area contributed by atoms with E-state index in [2.05, 4.69) is 5.32 Å². The van der Waals surface area contributed by atoms with Crippen molar-refractivity contribution in [3.63, 3.8) is 0 Å². The molecule has 0 saturated carbocycles. The topological polar surface area (TPSA) is 86.8 Å². The number of nitrogens with one attached hydrogen (secondary N) is 1. The molecule has 0 aliphatic rings. The third-order valence-electron chi connectivity index (χ3n) is 6.80. The van der Waals surface area contributed by atoms with Crippen LogP contribution in [0.1, 0.15) is 55.4 Å². The molecule has 0 aromatic heterocycles. The van der Waals surface area contributed by atoms with Gasteiger partial charge in [-0.3, -0.25) is 13.9 Å². The summed E-state index contributed by atoms with van der Waals surface area (Å²) < 4.78 is 27.3. The van der Waals surface area contributed by atoms with Crippen molar-refractivity contribution >= 4 is 27.5 Å². The average molecular weight is 564 g/mol. The van der Waals surface area contributed by atoms with E-state index in [0.29, 0.717) is 18.7 Å². The van der Waals surface area contributed by atoms with Gasteiger partial charge in [-0.05, 0) is 42.0 Å². The van der Waals surface area contributed by atoms with E-state index in [1.807, 2.05) is 94.4 Å². The van der Waals surface area contributed by atoms with Crippen LogP contribution in [-0.2, 0) is 32.6 Å². The number of para-hydroxylation sites is 1. The summed E-state index contributed by atoms with van der Waals surface area (Å²) in [4.78, 5) is 29.3. The van der Waals surface area contributed by atoms with Crippen LogP contribution in [0.25, 0.3) is 0 Å². The molecule has 40 heavy (non-hydrogen) atoms. The summed E-state index contributed by atoms with van der Waals surface area (Å²) >= 11 is 0. The molecule has 0 radical (unpaired) electrons. The Labute approximate surface area is 239 Å². The monoisotopic (exact) mass is 563 g/mol. The molecule has 8 heteroatoms. The molecule has 1 atom stereocenters. The van der Waals surface area contributed by atoms with Crippen LogP contribution in [-0.4, -0.2) is 50.5 Å². The molecule has 3 aromatic carbocycles. The standard InChI is InChI=1S/C32H41N3O4S/c1-6-20-33-32(37)30(21-26-12-8-7-9-13-26)34(22-27-18-16-25(4)17-19-27)31(36)23-35(40(5,38)39)29-15-11-10-14-28(29)24(2)3/h7-19,24,30H,6,20-23H2,1-5H3,(H,33,37). The van der Waals surface area contributed by atoms with Gasteiger partial charge in [0, 0.05) is 19.5 Å². The van der Waals surface area contributed by atoms with E-state index < -0.39 is 28.5 Å². The van der Waals surface area contributed by atoms with Crippen LogP contribution >= 0.6 is 0 Å². The predicted octanol–water partition coefficient (Wildman–Crippen LogP) is 5.05. The molecule has 0 fully saturated rings. The third kappa shape index (κ3) is 8.42. The van der Waals surface area contributed by atoms with Gasteiger partial charge in [-0.25, -0.2) is 8.42 Å². The van der Waals surface area contributed by atoms with Gasteiger partial charge in [0.2, 0.25) is 21.8 Å². The highest BCUT2D eigenvalue weighted by Gasteiger charge is 2.33. The van der Waals surface area contributed by atoms with E-state index in [-0.39, 0.29) is 18.4 Å². The minimum absolute atomic E-state index is 0.0462. The summed E-state index contributed by atoms with van der Waals surface area (Å²) in [5, 5.41) is 2.96. The zero-order chi connectivity index (χ0) is 29.3. The summed E-state index contributed by atoms with van der Waals surface area (Å²) in [6.45, 7) is 8.16. The Hall–Kier alpha value is -3.65. The normalized spacial score (nSPS) is 12.2. The largest absolute Gasteiger partial charge is 0.354 e. The van der Waals surface area contributed by atoms with Crippen molar-refractivity contribution in [3.05, 3.63) is 101 Å². The molecule has 0 bridgehead atoms. The second-order valence-corrected chi connectivity index (χ2v) is 12.4. The number of carbonyl (C=O) groups is 2. The minimum Gasteiger partial charge on any atom is -0.354 e. The molecule has 214 valence electrons. The SMILES string of the molecule is CCCNC(=O)C(Cc1ccccc1)N(Cc1ccc(C)cc1)C(=O)CN(c1ccccc1C(C)C)S(C)(=O)=O. The van der Waals surface area contributed by atoms with Crippen molar-refractivity contribution in [1.29, 1.82) is 0 Å². The number of benzene rings is 3. The van der Waals surface area contributed by atoms with Crippen molar-refractivity contribution in [2.45, 2.75) is 59.0 Å². The summed E-state index contributed by atoms with van der Waals surface area (Å²) in [6, 6.07) is 23.7. The number of hydrogen-bond acceptors (Lipinski definition) is 4. The molecule has 1 N–H and O–H groups in total. The fourth-order valence-electron chi connectivity index (χ4n) is 4.61. The van der Waals surface area contributed by atoms with Gasteiger partial charge < -0.3 is 10.2 Å². The van der Waals surface area contributed by atoms with Gasteiger partial charge in [-0.2, -0.15) is 0 Å². The maximum absolute atomic E-state index is 14.2. The second kappa shape index (κ2) is 14.1. The van der Waals surface area contributed by atoms with Crippen LogP contribution in [0.4, 0.5) is 5.69 Å². The quantitative estimate of drug-likeness (QED) is 0.315. The van der Waals surface area contributed by atoms with Gasteiger partial charge in [-0.1, -0.05) is 99.1 Å². The van der Waals surface area contributed by atoms with Gasteiger partial charge in [-0.15, -0.1) is 0 Å². The number of rotatable bonds is 13. The average Bonchev–Trinajstić information content (AvgIpc) is 2.93. The van der Waals surface area contributed by atoms with Gasteiger partial charge >= 0.3 is 0 Å². The Kier molecular flexibility index (Phi) is 10.9. The molecule has 0 heterocycles. The molecule has 0 aliphatic heterocycles. The molecule has 2 amide bonds. The van der Waals surface area contributed by atoms with E-state index in [1.165, 1.54) is 4.90 Å². The molecule has 0 saturated heterocycles. The number of anilines is 1. The van der Waals surface area contributed by atoms with Gasteiger partial charge in [0.25, 0.3) is 0 Å². The zero-order valence-corrected chi connectivity index (χ0v) is 24.9. The summed E-state index contributed by atoms with van der Waals surface area (Å²) in [5.74, 6) is -0.665. The predicted molar refractivity (Wildman–Crippen MR) is 162 cm³/mol. The minimum atomic E-state index is -3.81. The van der Waals surface area contributed by atoms with Gasteiger partial charge in [0.1, 0.15) is 12.6 Å². The van der Waals surface area contributed by atoms with Crippen molar-refractivity contribution in [3.8, 4) is 0 Å². The second-order valence-electron chi connectivity index (χ2n) is 10.5. The van der Waals surface area contributed by atoms with Crippen molar-refractivity contribution in [2.75, 3.05) is 23.7 Å². The fourth-order valence-corrected chi connectivity index (χ4v) is 5.48. The Morgan fingerprint density at radius 3 is 2.10 bits per heavy atom. The lowest BCUT2D eigenvalue weighted by Gasteiger charge is -2.34. The highest BCUT2D eigenvalue weighted by atomic mass is 32.2. The van der Waals surface area contributed by atoms with Crippen LogP contribution in [0.5, 0.6) is 0 Å². The lowest BCUT2D eigenvalue weighted by molar-refractivity contribution is -0.140. The van der Waals surface area contributed by atoms with Gasteiger partial charge in [0.05, 0.1) is 11.9 Å². The molecule has 3 aromatic rings. The van der Waals surface area contributed by atoms with Crippen LogP contribution in [0.3, 0.4) is 0 Å². The maximum Gasteiger partial charge on any atom is 0.244 e. The number of sulfonamides is 1. The van der Waals surface area contributed by atoms with Crippen molar-refractivity contribution < 1.29 is 18.0 Å². The number of amides is 2. The zero-order valence-electron chi connectivity index (χ0n) is 24.1. The van der Waals surface area contributed by atoms with E-state index in [4.69, 9.17) is 0 Å². The molecule has 7 nitrogen and oxygen atoms in total.